The van der Waals surface area contributed by atoms with Crippen molar-refractivity contribution in [1.29, 1.82) is 0 Å². The van der Waals surface area contributed by atoms with Crippen LogP contribution in [0.2, 0.25) is 0 Å². The summed E-state index contributed by atoms with van der Waals surface area (Å²) in [4.78, 5) is 14.1. The predicted octanol–water partition coefficient (Wildman–Crippen LogP) is 3.29. The number of sulfonamides is 1. The van der Waals surface area contributed by atoms with E-state index in [0.717, 1.165) is 5.56 Å². The summed E-state index contributed by atoms with van der Waals surface area (Å²) in [6.07, 6.45) is 0. The summed E-state index contributed by atoms with van der Waals surface area (Å²) in [5, 5.41) is 0. The number of hydrogen-bond acceptors (Lipinski definition) is 4. The Morgan fingerprint density at radius 2 is 1.69 bits per heavy atom. The fourth-order valence-electron chi connectivity index (χ4n) is 2.54. The van der Waals surface area contributed by atoms with Gasteiger partial charge in [-0.15, -0.1) is 0 Å². The predicted molar refractivity (Wildman–Crippen MR) is 102 cm³/mol. The van der Waals surface area contributed by atoms with Gasteiger partial charge in [0.25, 0.3) is 15.9 Å². The van der Waals surface area contributed by atoms with E-state index in [4.69, 9.17) is 4.74 Å². The van der Waals surface area contributed by atoms with Gasteiger partial charge in [0.15, 0.2) is 0 Å². The lowest BCUT2D eigenvalue weighted by Gasteiger charge is -2.19. The van der Waals surface area contributed by atoms with Crippen molar-refractivity contribution in [3.63, 3.8) is 0 Å². The number of benzene rings is 2. The van der Waals surface area contributed by atoms with E-state index in [1.165, 1.54) is 19.2 Å². The van der Waals surface area contributed by atoms with Crippen LogP contribution in [0.4, 0.5) is 5.69 Å². The highest BCUT2D eigenvalue weighted by Gasteiger charge is 2.23. The number of nitrogens with zero attached hydrogens (tertiary/aromatic N) is 1. The average Bonchev–Trinajstić information content (AvgIpc) is 2.63. The normalized spacial score (nSPS) is 11.1. The SMILES string of the molecule is CCN(CC)C(=O)c1ccc(OC)c(S(=O)(=O)Nc2ccc(C)cc2)c1. The van der Waals surface area contributed by atoms with Crippen LogP contribution in [0.5, 0.6) is 5.75 Å². The van der Waals surface area contributed by atoms with E-state index in [-0.39, 0.29) is 16.6 Å². The summed E-state index contributed by atoms with van der Waals surface area (Å²) >= 11 is 0. The Morgan fingerprint density at radius 3 is 2.23 bits per heavy atom. The lowest BCUT2D eigenvalue weighted by atomic mass is 10.2. The Morgan fingerprint density at radius 1 is 1.08 bits per heavy atom. The molecule has 2 rings (SSSR count). The second-order valence-corrected chi connectivity index (χ2v) is 7.47. The maximum Gasteiger partial charge on any atom is 0.265 e. The topological polar surface area (TPSA) is 75.7 Å². The first-order chi connectivity index (χ1) is 12.3. The summed E-state index contributed by atoms with van der Waals surface area (Å²) in [7, 11) is -2.51. The van der Waals surface area contributed by atoms with Crippen LogP contribution in [0.25, 0.3) is 0 Å². The monoisotopic (exact) mass is 376 g/mol. The van der Waals surface area contributed by atoms with E-state index >= 15 is 0 Å². The molecule has 0 fully saturated rings. The standard InChI is InChI=1S/C19H24N2O4S/c1-5-21(6-2)19(22)15-9-12-17(25-4)18(13-15)26(23,24)20-16-10-7-14(3)8-11-16/h7-13,20H,5-6H2,1-4H3. The van der Waals surface area contributed by atoms with E-state index in [9.17, 15) is 13.2 Å². The molecule has 26 heavy (non-hydrogen) atoms. The van der Waals surface area contributed by atoms with Gasteiger partial charge >= 0.3 is 0 Å². The minimum absolute atomic E-state index is 0.0708. The molecular formula is C19H24N2O4S. The maximum atomic E-state index is 12.8. The van der Waals surface area contributed by atoms with Crippen LogP contribution in [-0.2, 0) is 10.0 Å². The highest BCUT2D eigenvalue weighted by Crippen LogP contribution is 2.27. The van der Waals surface area contributed by atoms with Gasteiger partial charge in [-0.05, 0) is 51.1 Å². The van der Waals surface area contributed by atoms with Crippen molar-refractivity contribution in [3.05, 3.63) is 53.6 Å². The quantitative estimate of drug-likeness (QED) is 0.805. The van der Waals surface area contributed by atoms with Gasteiger partial charge in [-0.25, -0.2) is 8.42 Å². The zero-order valence-electron chi connectivity index (χ0n) is 15.4. The van der Waals surface area contributed by atoms with Crippen molar-refractivity contribution in [2.24, 2.45) is 0 Å². The first-order valence-corrected chi connectivity index (χ1v) is 9.87. The van der Waals surface area contributed by atoms with Crippen molar-refractivity contribution < 1.29 is 17.9 Å². The van der Waals surface area contributed by atoms with E-state index in [1.54, 1.807) is 23.1 Å². The molecule has 0 aliphatic carbocycles. The van der Waals surface area contributed by atoms with Gasteiger partial charge in [0.1, 0.15) is 10.6 Å². The van der Waals surface area contributed by atoms with Gasteiger partial charge in [0.05, 0.1) is 7.11 Å². The third-order valence-electron chi connectivity index (χ3n) is 4.05. The molecule has 1 amide bonds. The molecule has 0 radical (unpaired) electrons. The molecule has 2 aromatic rings. The number of carbonyl (C=O) groups excluding carboxylic acids is 1. The van der Waals surface area contributed by atoms with Gasteiger partial charge in [-0.2, -0.15) is 0 Å². The van der Waals surface area contributed by atoms with Crippen LogP contribution < -0.4 is 9.46 Å². The summed E-state index contributed by atoms with van der Waals surface area (Å²) in [6, 6.07) is 11.4. The Bertz CT molecular complexity index is 873. The molecule has 0 aliphatic rings. The second-order valence-electron chi connectivity index (χ2n) is 5.81. The number of carbonyl (C=O) groups is 1. The fraction of sp³-hybridized carbons (Fsp3) is 0.316. The maximum absolute atomic E-state index is 12.8. The summed E-state index contributed by atoms with van der Waals surface area (Å²) in [5.74, 6) is -0.0369. The first kappa shape index (κ1) is 19.8. The molecular weight excluding hydrogens is 352 g/mol. The number of rotatable bonds is 7. The van der Waals surface area contributed by atoms with Crippen LogP contribution in [-0.4, -0.2) is 39.4 Å². The third-order valence-corrected chi connectivity index (χ3v) is 5.46. The molecule has 1 N–H and O–H groups in total. The molecule has 0 saturated heterocycles. The minimum atomic E-state index is -3.91. The molecule has 0 bridgehead atoms. The molecule has 7 heteroatoms. The van der Waals surface area contributed by atoms with Gasteiger partial charge in [-0.3, -0.25) is 9.52 Å². The van der Waals surface area contributed by atoms with Crippen LogP contribution >= 0.6 is 0 Å². The van der Waals surface area contributed by atoms with Crippen molar-refractivity contribution >= 4 is 21.6 Å². The van der Waals surface area contributed by atoms with Crippen LogP contribution in [0.3, 0.4) is 0 Å². The largest absolute Gasteiger partial charge is 0.495 e. The third kappa shape index (κ3) is 4.35. The van der Waals surface area contributed by atoms with Gasteiger partial charge in [0, 0.05) is 24.3 Å². The summed E-state index contributed by atoms with van der Waals surface area (Å²) in [5.41, 5.74) is 1.77. The zero-order chi connectivity index (χ0) is 19.3. The Labute approximate surface area is 154 Å². The zero-order valence-corrected chi connectivity index (χ0v) is 16.3. The van der Waals surface area contributed by atoms with E-state index < -0.39 is 10.0 Å². The van der Waals surface area contributed by atoms with Crippen molar-refractivity contribution in [2.45, 2.75) is 25.7 Å². The van der Waals surface area contributed by atoms with Crippen LogP contribution in [0.1, 0.15) is 29.8 Å². The summed E-state index contributed by atoms with van der Waals surface area (Å²) < 4.78 is 33.4. The molecule has 0 spiro atoms. The van der Waals surface area contributed by atoms with E-state index in [0.29, 0.717) is 24.3 Å². The molecule has 0 aliphatic heterocycles. The molecule has 0 saturated carbocycles. The highest BCUT2D eigenvalue weighted by atomic mass is 32.2. The van der Waals surface area contributed by atoms with Crippen LogP contribution in [0.15, 0.2) is 47.4 Å². The lowest BCUT2D eigenvalue weighted by Crippen LogP contribution is -2.30. The minimum Gasteiger partial charge on any atom is -0.495 e. The summed E-state index contributed by atoms with van der Waals surface area (Å²) in [6.45, 7) is 6.77. The van der Waals surface area contributed by atoms with Gasteiger partial charge in [-0.1, -0.05) is 17.7 Å². The van der Waals surface area contributed by atoms with Crippen molar-refractivity contribution in [1.82, 2.24) is 4.90 Å². The second kappa shape index (κ2) is 8.23. The Hall–Kier alpha value is -2.54. The molecule has 0 heterocycles. The number of aryl methyl sites for hydroxylation is 1. The molecule has 0 unspecified atom stereocenters. The molecule has 0 aromatic heterocycles. The number of anilines is 1. The fourth-order valence-corrected chi connectivity index (χ4v) is 3.80. The number of hydrogen-bond donors (Lipinski definition) is 1. The van der Waals surface area contributed by atoms with Crippen LogP contribution in [0, 0.1) is 6.92 Å². The number of nitrogens with one attached hydrogen (secondary N) is 1. The highest BCUT2D eigenvalue weighted by molar-refractivity contribution is 7.92. The molecule has 140 valence electrons. The Balaban J connectivity index is 2.43. The lowest BCUT2D eigenvalue weighted by molar-refractivity contribution is 0.0772. The van der Waals surface area contributed by atoms with E-state index in [1.807, 2.05) is 32.9 Å². The number of ether oxygens (including phenoxy) is 1. The van der Waals surface area contributed by atoms with E-state index in [2.05, 4.69) is 4.72 Å². The average molecular weight is 376 g/mol. The first-order valence-electron chi connectivity index (χ1n) is 8.39. The molecule has 0 atom stereocenters. The number of methoxy groups -OCH3 is 1. The van der Waals surface area contributed by atoms with Crippen molar-refractivity contribution in [2.75, 3.05) is 24.9 Å². The van der Waals surface area contributed by atoms with Gasteiger partial charge < -0.3 is 9.64 Å². The Kier molecular flexibility index (Phi) is 6.26. The molecule has 2 aromatic carbocycles. The number of amides is 1. The molecule has 6 nitrogen and oxygen atoms in total. The van der Waals surface area contributed by atoms with Crippen molar-refractivity contribution in [3.8, 4) is 5.75 Å². The smallest absolute Gasteiger partial charge is 0.265 e. The van der Waals surface area contributed by atoms with Gasteiger partial charge in [0.2, 0.25) is 0 Å².